The molecule has 0 saturated heterocycles. The lowest BCUT2D eigenvalue weighted by Crippen LogP contribution is -2.32. The molecule has 0 aliphatic heterocycles. The first-order valence-corrected chi connectivity index (χ1v) is 8.67. The molecule has 4 nitrogen and oxygen atoms in total. The molecule has 0 saturated carbocycles. The number of aromatic nitrogens is 1. The van der Waals surface area contributed by atoms with Crippen molar-refractivity contribution in [2.24, 2.45) is 0 Å². The largest absolute Gasteiger partial charge is 0.385 e. The number of hydrogen-bond acceptors (Lipinski definition) is 5. The summed E-state index contributed by atoms with van der Waals surface area (Å²) in [5.41, 5.74) is 0.878. The van der Waals surface area contributed by atoms with Crippen LogP contribution >= 0.6 is 34.7 Å². The first-order valence-electron chi connectivity index (χ1n) is 6.59. The number of ether oxygens (including phenoxy) is 1. The first-order chi connectivity index (χ1) is 10.1. The SMILES string of the molecule is COCCCNC(=O)C(C)Sc1nc2cc(Cl)ccc2s1. The molecule has 1 N–H and O–H groups in total. The van der Waals surface area contributed by atoms with Crippen LogP contribution in [-0.2, 0) is 9.53 Å². The van der Waals surface area contributed by atoms with Gasteiger partial charge in [-0.25, -0.2) is 4.98 Å². The van der Waals surface area contributed by atoms with Crippen LogP contribution in [0.25, 0.3) is 10.2 Å². The molecule has 0 fully saturated rings. The number of fused-ring (bicyclic) bond motifs is 1. The van der Waals surface area contributed by atoms with Gasteiger partial charge in [-0.05, 0) is 31.5 Å². The summed E-state index contributed by atoms with van der Waals surface area (Å²) in [6, 6.07) is 5.64. The molecule has 0 aliphatic carbocycles. The lowest BCUT2D eigenvalue weighted by atomic mass is 10.3. The molecule has 1 unspecified atom stereocenters. The van der Waals surface area contributed by atoms with Gasteiger partial charge in [0.25, 0.3) is 0 Å². The molecule has 1 atom stereocenters. The minimum atomic E-state index is -0.177. The van der Waals surface area contributed by atoms with Crippen LogP contribution in [0.15, 0.2) is 22.5 Å². The van der Waals surface area contributed by atoms with E-state index in [-0.39, 0.29) is 11.2 Å². The third kappa shape index (κ3) is 4.85. The van der Waals surface area contributed by atoms with E-state index in [1.54, 1.807) is 18.4 Å². The Bertz CT molecular complexity index is 618. The Morgan fingerprint density at radius 1 is 1.57 bits per heavy atom. The Morgan fingerprint density at radius 3 is 3.14 bits per heavy atom. The van der Waals surface area contributed by atoms with E-state index < -0.39 is 0 Å². The number of hydrogen-bond donors (Lipinski definition) is 1. The number of benzene rings is 1. The van der Waals surface area contributed by atoms with Crippen LogP contribution in [-0.4, -0.2) is 36.4 Å². The molecule has 114 valence electrons. The standard InChI is InChI=1S/C14H17ClN2O2S2/c1-9(13(18)16-6-3-7-19-2)20-14-17-11-8-10(15)4-5-12(11)21-14/h4-5,8-9H,3,6-7H2,1-2H3,(H,16,18). The fourth-order valence-electron chi connectivity index (χ4n) is 1.71. The quantitative estimate of drug-likeness (QED) is 0.616. The van der Waals surface area contributed by atoms with Crippen LogP contribution in [0.1, 0.15) is 13.3 Å². The van der Waals surface area contributed by atoms with E-state index in [0.29, 0.717) is 18.2 Å². The predicted octanol–water partition coefficient (Wildman–Crippen LogP) is 3.58. The Labute approximate surface area is 137 Å². The number of amides is 1. The zero-order chi connectivity index (χ0) is 15.2. The molecule has 21 heavy (non-hydrogen) atoms. The highest BCUT2D eigenvalue weighted by molar-refractivity contribution is 8.02. The smallest absolute Gasteiger partial charge is 0.233 e. The molecule has 1 aromatic heterocycles. The topological polar surface area (TPSA) is 51.2 Å². The van der Waals surface area contributed by atoms with Gasteiger partial charge < -0.3 is 10.1 Å². The summed E-state index contributed by atoms with van der Waals surface area (Å²) in [5, 5.41) is 3.39. The molecule has 1 amide bonds. The number of rotatable bonds is 7. The number of nitrogens with one attached hydrogen (secondary N) is 1. The van der Waals surface area contributed by atoms with Gasteiger partial charge in [-0.3, -0.25) is 4.79 Å². The minimum absolute atomic E-state index is 0.0217. The van der Waals surface area contributed by atoms with Gasteiger partial charge in [0, 0.05) is 25.3 Å². The Morgan fingerprint density at radius 2 is 2.38 bits per heavy atom. The van der Waals surface area contributed by atoms with Crippen molar-refractivity contribution in [3.05, 3.63) is 23.2 Å². The van der Waals surface area contributed by atoms with E-state index in [0.717, 1.165) is 21.0 Å². The van der Waals surface area contributed by atoms with Gasteiger partial charge in [0.15, 0.2) is 4.34 Å². The number of thiazole rings is 1. The van der Waals surface area contributed by atoms with Gasteiger partial charge in [0.1, 0.15) is 0 Å². The van der Waals surface area contributed by atoms with E-state index >= 15 is 0 Å². The second kappa shape index (κ2) is 7.98. The summed E-state index contributed by atoms with van der Waals surface area (Å²) in [6.45, 7) is 3.17. The number of thioether (sulfide) groups is 1. The van der Waals surface area contributed by atoms with Gasteiger partial charge in [-0.15, -0.1) is 11.3 Å². The van der Waals surface area contributed by atoms with Gasteiger partial charge in [-0.2, -0.15) is 0 Å². The van der Waals surface area contributed by atoms with Crippen molar-refractivity contribution in [1.82, 2.24) is 10.3 Å². The minimum Gasteiger partial charge on any atom is -0.385 e. The predicted molar refractivity (Wildman–Crippen MR) is 89.5 cm³/mol. The lowest BCUT2D eigenvalue weighted by molar-refractivity contribution is -0.120. The second-order valence-electron chi connectivity index (χ2n) is 4.49. The summed E-state index contributed by atoms with van der Waals surface area (Å²) >= 11 is 9.00. The number of halogens is 1. The number of methoxy groups -OCH3 is 1. The zero-order valence-corrected chi connectivity index (χ0v) is 14.3. The first kappa shape index (κ1) is 16.5. The van der Waals surface area contributed by atoms with Gasteiger partial charge in [0.05, 0.1) is 15.5 Å². The number of carbonyl (C=O) groups is 1. The van der Waals surface area contributed by atoms with Crippen molar-refractivity contribution in [1.29, 1.82) is 0 Å². The molecule has 7 heteroatoms. The summed E-state index contributed by atoms with van der Waals surface area (Å²) in [6.07, 6.45) is 0.819. The third-order valence-corrected chi connectivity index (χ3v) is 5.27. The van der Waals surface area contributed by atoms with Crippen molar-refractivity contribution in [2.45, 2.75) is 22.9 Å². The van der Waals surface area contributed by atoms with Crippen molar-refractivity contribution in [2.75, 3.05) is 20.3 Å². The average Bonchev–Trinajstić information content (AvgIpc) is 2.84. The molecule has 1 heterocycles. The highest BCUT2D eigenvalue weighted by Gasteiger charge is 2.16. The van der Waals surface area contributed by atoms with E-state index in [9.17, 15) is 4.79 Å². The normalized spacial score (nSPS) is 12.5. The van der Waals surface area contributed by atoms with Gasteiger partial charge in [-0.1, -0.05) is 23.4 Å². The maximum atomic E-state index is 12.0. The maximum Gasteiger partial charge on any atom is 0.233 e. The molecule has 2 aromatic rings. The molecule has 0 radical (unpaired) electrons. The Balaban J connectivity index is 1.91. The highest BCUT2D eigenvalue weighted by Crippen LogP contribution is 2.33. The van der Waals surface area contributed by atoms with E-state index in [1.165, 1.54) is 11.8 Å². The fourth-order valence-corrected chi connectivity index (χ4v) is 4.09. The summed E-state index contributed by atoms with van der Waals surface area (Å²) in [5.74, 6) is 0.0217. The molecule has 1 aromatic carbocycles. The molecular weight excluding hydrogens is 328 g/mol. The average molecular weight is 345 g/mol. The van der Waals surface area contributed by atoms with Crippen molar-refractivity contribution < 1.29 is 9.53 Å². The van der Waals surface area contributed by atoms with Crippen LogP contribution in [0.2, 0.25) is 5.02 Å². The van der Waals surface area contributed by atoms with Gasteiger partial charge >= 0.3 is 0 Å². The van der Waals surface area contributed by atoms with E-state index in [4.69, 9.17) is 16.3 Å². The second-order valence-corrected chi connectivity index (χ2v) is 7.54. The van der Waals surface area contributed by atoms with Crippen molar-refractivity contribution >= 4 is 50.8 Å². The van der Waals surface area contributed by atoms with Crippen molar-refractivity contribution in [3.8, 4) is 0 Å². The zero-order valence-electron chi connectivity index (χ0n) is 11.9. The Hall–Kier alpha value is -0.820. The fraction of sp³-hybridized carbons (Fsp3) is 0.429. The van der Waals surface area contributed by atoms with Crippen LogP contribution in [0, 0.1) is 0 Å². The molecule has 0 spiro atoms. The maximum absolute atomic E-state index is 12.0. The highest BCUT2D eigenvalue weighted by atomic mass is 35.5. The van der Waals surface area contributed by atoms with Crippen LogP contribution < -0.4 is 5.32 Å². The van der Waals surface area contributed by atoms with Crippen molar-refractivity contribution in [3.63, 3.8) is 0 Å². The van der Waals surface area contributed by atoms with Crippen LogP contribution in [0.5, 0.6) is 0 Å². The van der Waals surface area contributed by atoms with E-state index in [1.807, 2.05) is 25.1 Å². The van der Waals surface area contributed by atoms with Crippen LogP contribution in [0.4, 0.5) is 0 Å². The van der Waals surface area contributed by atoms with Gasteiger partial charge in [0.2, 0.25) is 5.91 Å². The monoisotopic (exact) mass is 344 g/mol. The summed E-state index contributed by atoms with van der Waals surface area (Å²) in [4.78, 5) is 16.5. The molecule has 0 bridgehead atoms. The molecule has 2 rings (SSSR count). The summed E-state index contributed by atoms with van der Waals surface area (Å²) in [7, 11) is 1.65. The third-order valence-electron chi connectivity index (χ3n) is 2.80. The number of carbonyl (C=O) groups excluding carboxylic acids is 1. The van der Waals surface area contributed by atoms with Crippen LogP contribution in [0.3, 0.4) is 0 Å². The molecule has 0 aliphatic rings. The lowest BCUT2D eigenvalue weighted by Gasteiger charge is -2.09. The number of nitrogens with zero attached hydrogens (tertiary/aromatic N) is 1. The molecular formula is C14H17ClN2O2S2. The summed E-state index contributed by atoms with van der Waals surface area (Å²) < 4.78 is 6.91. The Kier molecular flexibility index (Phi) is 6.29. The van der Waals surface area contributed by atoms with E-state index in [2.05, 4.69) is 10.3 Å².